The van der Waals surface area contributed by atoms with E-state index in [1.165, 1.54) is 17.0 Å². The van der Waals surface area contributed by atoms with E-state index < -0.39 is 5.97 Å². The number of nitrogens with zero attached hydrogens (tertiary/aromatic N) is 1. The lowest BCUT2D eigenvalue weighted by Gasteiger charge is -2.14. The molecule has 160 valence electrons. The van der Waals surface area contributed by atoms with Crippen molar-refractivity contribution in [3.63, 3.8) is 0 Å². The first-order valence-corrected chi connectivity index (χ1v) is 10.7. The topological polar surface area (TPSA) is 75.7 Å². The van der Waals surface area contributed by atoms with Gasteiger partial charge in [-0.1, -0.05) is 36.1 Å². The molecule has 1 aliphatic heterocycles. The maximum absolute atomic E-state index is 13.0. The van der Waals surface area contributed by atoms with Crippen LogP contribution in [0.3, 0.4) is 0 Å². The van der Waals surface area contributed by atoms with Crippen molar-refractivity contribution in [2.75, 3.05) is 18.5 Å². The zero-order chi connectivity index (χ0) is 22.4. The minimum atomic E-state index is -0.427. The van der Waals surface area contributed by atoms with Gasteiger partial charge in [-0.3, -0.25) is 14.5 Å². The summed E-state index contributed by atoms with van der Waals surface area (Å²) >= 11 is 6.41. The number of ether oxygens (including phenoxy) is 1. The van der Waals surface area contributed by atoms with E-state index in [4.69, 9.17) is 17.0 Å². The molecule has 0 atom stereocenters. The molecule has 0 bridgehead atoms. The Morgan fingerprint density at radius 3 is 2.48 bits per heavy atom. The van der Waals surface area contributed by atoms with E-state index in [9.17, 15) is 18.8 Å². The molecule has 0 saturated carbocycles. The molecule has 3 rings (SSSR count). The predicted octanol–water partition coefficient (Wildman–Crippen LogP) is 4.23. The summed E-state index contributed by atoms with van der Waals surface area (Å²) in [7, 11) is 0. The summed E-state index contributed by atoms with van der Waals surface area (Å²) in [5, 5.41) is 2.72. The average Bonchev–Trinajstić information content (AvgIpc) is 3.01. The van der Waals surface area contributed by atoms with Crippen molar-refractivity contribution in [2.45, 2.75) is 13.3 Å². The molecular weight excluding hydrogens is 439 g/mol. The summed E-state index contributed by atoms with van der Waals surface area (Å²) in [5.74, 6) is -1.36. The minimum absolute atomic E-state index is 0.0515. The lowest BCUT2D eigenvalue weighted by Crippen LogP contribution is -2.31. The van der Waals surface area contributed by atoms with E-state index in [0.717, 1.165) is 11.8 Å². The van der Waals surface area contributed by atoms with E-state index in [2.05, 4.69) is 5.32 Å². The molecule has 9 heteroatoms. The molecule has 1 aliphatic rings. The highest BCUT2D eigenvalue weighted by atomic mass is 32.2. The van der Waals surface area contributed by atoms with Crippen molar-refractivity contribution in [3.8, 4) is 0 Å². The van der Waals surface area contributed by atoms with Crippen molar-refractivity contribution in [1.82, 2.24) is 4.90 Å². The van der Waals surface area contributed by atoms with Crippen LogP contribution in [-0.4, -0.2) is 40.2 Å². The standard InChI is InChI=1S/C22H19FN2O4S2/c1-2-29-21(28)15-5-9-17(10-6-15)24-19(26)11-12-25-20(27)18(31-22(25)30)13-14-3-7-16(23)8-4-14/h3-10,13H,2,11-12H2,1H3,(H,24,26). The molecular formula is C22H19FN2O4S2. The van der Waals surface area contributed by atoms with Gasteiger partial charge in [0, 0.05) is 18.7 Å². The van der Waals surface area contributed by atoms with Gasteiger partial charge in [-0.15, -0.1) is 0 Å². The number of esters is 1. The third kappa shape index (κ3) is 5.99. The summed E-state index contributed by atoms with van der Waals surface area (Å²) in [6, 6.07) is 12.1. The smallest absolute Gasteiger partial charge is 0.338 e. The normalized spacial score (nSPS) is 14.8. The average molecular weight is 459 g/mol. The first-order chi connectivity index (χ1) is 14.9. The van der Waals surface area contributed by atoms with Crippen LogP contribution < -0.4 is 5.32 Å². The molecule has 1 saturated heterocycles. The molecule has 0 spiro atoms. The molecule has 2 aromatic rings. The highest BCUT2D eigenvalue weighted by molar-refractivity contribution is 8.26. The van der Waals surface area contributed by atoms with Gasteiger partial charge in [0.2, 0.25) is 5.91 Å². The fraction of sp³-hybridized carbons (Fsp3) is 0.182. The Labute approximate surface area is 188 Å². The van der Waals surface area contributed by atoms with Crippen molar-refractivity contribution >= 4 is 57.8 Å². The first-order valence-electron chi connectivity index (χ1n) is 9.45. The number of hydrogen-bond donors (Lipinski definition) is 1. The van der Waals surface area contributed by atoms with Gasteiger partial charge in [-0.05, 0) is 55.0 Å². The van der Waals surface area contributed by atoms with E-state index in [0.29, 0.717) is 26.0 Å². The molecule has 1 fully saturated rings. The molecule has 1 heterocycles. The van der Waals surface area contributed by atoms with Gasteiger partial charge >= 0.3 is 5.97 Å². The SMILES string of the molecule is CCOC(=O)c1ccc(NC(=O)CCN2C(=O)C(=Cc3ccc(F)cc3)SC2=S)cc1. The van der Waals surface area contributed by atoms with Gasteiger partial charge in [0.25, 0.3) is 5.91 Å². The number of carbonyl (C=O) groups excluding carboxylic acids is 3. The second-order valence-corrected chi connectivity index (χ2v) is 8.16. The lowest BCUT2D eigenvalue weighted by atomic mass is 10.2. The number of halogens is 1. The maximum Gasteiger partial charge on any atom is 0.338 e. The molecule has 0 aromatic heterocycles. The molecule has 2 amide bonds. The largest absolute Gasteiger partial charge is 0.462 e. The highest BCUT2D eigenvalue weighted by Crippen LogP contribution is 2.32. The molecule has 0 aliphatic carbocycles. The van der Waals surface area contributed by atoms with Gasteiger partial charge in [0.1, 0.15) is 10.1 Å². The van der Waals surface area contributed by atoms with Crippen LogP contribution in [0.4, 0.5) is 10.1 Å². The zero-order valence-electron chi connectivity index (χ0n) is 16.6. The number of rotatable bonds is 7. The fourth-order valence-corrected chi connectivity index (χ4v) is 4.05. The Balaban J connectivity index is 1.55. The van der Waals surface area contributed by atoms with Crippen LogP contribution in [-0.2, 0) is 14.3 Å². The molecule has 6 nitrogen and oxygen atoms in total. The molecule has 0 unspecified atom stereocenters. The Bertz CT molecular complexity index is 1040. The molecule has 2 aromatic carbocycles. The van der Waals surface area contributed by atoms with Gasteiger partial charge in [-0.2, -0.15) is 0 Å². The Morgan fingerprint density at radius 1 is 1.16 bits per heavy atom. The number of hydrogen-bond acceptors (Lipinski definition) is 6. The van der Waals surface area contributed by atoms with Crippen molar-refractivity contribution in [1.29, 1.82) is 0 Å². The summed E-state index contributed by atoms with van der Waals surface area (Å²) in [4.78, 5) is 38.3. The third-order valence-electron chi connectivity index (χ3n) is 4.28. The van der Waals surface area contributed by atoms with Crippen LogP contribution in [0.1, 0.15) is 29.3 Å². The van der Waals surface area contributed by atoms with Crippen LogP contribution in [0.15, 0.2) is 53.4 Å². The van der Waals surface area contributed by atoms with Gasteiger partial charge in [0.15, 0.2) is 0 Å². The second-order valence-electron chi connectivity index (χ2n) is 6.48. The van der Waals surface area contributed by atoms with Gasteiger partial charge in [0.05, 0.1) is 17.1 Å². The lowest BCUT2D eigenvalue weighted by molar-refractivity contribution is -0.122. The van der Waals surface area contributed by atoms with Gasteiger partial charge in [-0.25, -0.2) is 9.18 Å². The number of anilines is 1. The van der Waals surface area contributed by atoms with Crippen LogP contribution in [0.2, 0.25) is 0 Å². The van der Waals surface area contributed by atoms with E-state index in [1.54, 1.807) is 49.4 Å². The van der Waals surface area contributed by atoms with Crippen LogP contribution >= 0.6 is 24.0 Å². The van der Waals surface area contributed by atoms with E-state index in [1.807, 2.05) is 0 Å². The molecule has 31 heavy (non-hydrogen) atoms. The first kappa shape index (κ1) is 22.6. The van der Waals surface area contributed by atoms with Crippen molar-refractivity contribution < 1.29 is 23.5 Å². The van der Waals surface area contributed by atoms with Crippen molar-refractivity contribution in [3.05, 3.63) is 70.4 Å². The fourth-order valence-electron chi connectivity index (χ4n) is 2.74. The van der Waals surface area contributed by atoms with Gasteiger partial charge < -0.3 is 10.1 Å². The second kappa shape index (κ2) is 10.3. The summed E-state index contributed by atoms with van der Waals surface area (Å²) in [6.07, 6.45) is 1.69. The number of carbonyl (C=O) groups is 3. The van der Waals surface area contributed by atoms with Crippen LogP contribution in [0.5, 0.6) is 0 Å². The monoisotopic (exact) mass is 458 g/mol. The maximum atomic E-state index is 13.0. The number of nitrogens with one attached hydrogen (secondary N) is 1. The Kier molecular flexibility index (Phi) is 7.54. The quantitative estimate of drug-likeness (QED) is 0.380. The molecule has 0 radical (unpaired) electrons. The highest BCUT2D eigenvalue weighted by Gasteiger charge is 2.32. The van der Waals surface area contributed by atoms with Crippen LogP contribution in [0, 0.1) is 5.82 Å². The van der Waals surface area contributed by atoms with E-state index >= 15 is 0 Å². The van der Waals surface area contributed by atoms with E-state index in [-0.39, 0.29) is 37.2 Å². The summed E-state index contributed by atoms with van der Waals surface area (Å²) < 4.78 is 18.3. The number of thioether (sulfide) groups is 1. The minimum Gasteiger partial charge on any atom is -0.462 e. The number of thiocarbonyl (C=S) groups is 1. The Morgan fingerprint density at radius 2 is 1.84 bits per heavy atom. The van der Waals surface area contributed by atoms with Crippen molar-refractivity contribution in [2.24, 2.45) is 0 Å². The summed E-state index contributed by atoms with van der Waals surface area (Å²) in [6.45, 7) is 2.15. The van der Waals surface area contributed by atoms with Crippen LogP contribution in [0.25, 0.3) is 6.08 Å². The number of benzene rings is 2. The number of amides is 2. The zero-order valence-corrected chi connectivity index (χ0v) is 18.2. The Hall–Kier alpha value is -3.04. The predicted molar refractivity (Wildman–Crippen MR) is 122 cm³/mol. The molecule has 1 N–H and O–H groups in total. The summed E-state index contributed by atoms with van der Waals surface area (Å²) in [5.41, 5.74) is 1.61. The third-order valence-corrected chi connectivity index (χ3v) is 5.66.